The highest BCUT2D eigenvalue weighted by atomic mass is 31.2. The molecular formula is C3H7F2O3P. The Morgan fingerprint density at radius 2 is 1.89 bits per heavy atom. The molecule has 0 atom stereocenters. The molecule has 0 spiro atoms. The Hall–Kier alpha value is 0.01000. The first-order valence-electron chi connectivity index (χ1n) is 2.24. The topological polar surface area (TPSA) is 57.5 Å². The van der Waals surface area contributed by atoms with Gasteiger partial charge in [0.25, 0.3) is 0 Å². The smallest absolute Gasteiger partial charge is 0.324 e. The number of halogens is 2. The minimum absolute atomic E-state index is 0.731. The van der Waals surface area contributed by atoms with Crippen molar-refractivity contribution in [3.8, 4) is 0 Å². The van der Waals surface area contributed by atoms with Crippen LogP contribution in [0.5, 0.6) is 0 Å². The predicted octanol–water partition coefficient (Wildman–Crippen LogP) is 0.819. The SMILES string of the molecule is O=P(O)(O)CCC(F)F. The van der Waals surface area contributed by atoms with E-state index in [1.807, 2.05) is 0 Å². The highest BCUT2D eigenvalue weighted by Crippen LogP contribution is 2.35. The minimum atomic E-state index is -4.20. The Morgan fingerprint density at radius 1 is 1.44 bits per heavy atom. The third-order valence-electron chi connectivity index (χ3n) is 0.639. The Kier molecular flexibility index (Phi) is 3.25. The zero-order valence-electron chi connectivity index (χ0n) is 4.50. The Bertz CT molecular complexity index is 120. The zero-order chi connectivity index (χ0) is 7.49. The Morgan fingerprint density at radius 3 is 2.00 bits per heavy atom. The van der Waals surface area contributed by atoms with E-state index in [2.05, 4.69) is 0 Å². The molecule has 0 radical (unpaired) electrons. The normalized spacial score (nSPS) is 12.6. The van der Waals surface area contributed by atoms with Crippen LogP contribution in [-0.2, 0) is 4.57 Å². The van der Waals surface area contributed by atoms with Gasteiger partial charge in [0, 0.05) is 6.42 Å². The summed E-state index contributed by atoms with van der Waals surface area (Å²) in [6, 6.07) is 0. The lowest BCUT2D eigenvalue weighted by Gasteiger charge is -2.00. The molecule has 0 rings (SSSR count). The predicted molar refractivity (Wildman–Crippen MR) is 27.5 cm³/mol. The molecule has 0 fully saturated rings. The zero-order valence-corrected chi connectivity index (χ0v) is 5.39. The summed E-state index contributed by atoms with van der Waals surface area (Å²) in [7, 11) is -4.20. The van der Waals surface area contributed by atoms with Crippen molar-refractivity contribution in [3.63, 3.8) is 0 Å². The van der Waals surface area contributed by atoms with E-state index in [9.17, 15) is 13.3 Å². The highest BCUT2D eigenvalue weighted by molar-refractivity contribution is 7.51. The molecule has 56 valence electrons. The van der Waals surface area contributed by atoms with Crippen LogP contribution in [-0.4, -0.2) is 22.4 Å². The van der Waals surface area contributed by atoms with Gasteiger partial charge in [-0.05, 0) is 0 Å². The van der Waals surface area contributed by atoms with Crippen LogP contribution in [0.3, 0.4) is 0 Å². The van der Waals surface area contributed by atoms with Gasteiger partial charge in [-0.1, -0.05) is 0 Å². The van der Waals surface area contributed by atoms with Crippen LogP contribution in [0.25, 0.3) is 0 Å². The molecule has 9 heavy (non-hydrogen) atoms. The lowest BCUT2D eigenvalue weighted by atomic mass is 10.5. The summed E-state index contributed by atoms with van der Waals surface area (Å²) < 4.78 is 32.3. The first-order chi connectivity index (χ1) is 3.92. The number of rotatable bonds is 3. The van der Waals surface area contributed by atoms with Crippen molar-refractivity contribution in [2.75, 3.05) is 6.16 Å². The van der Waals surface area contributed by atoms with Gasteiger partial charge in [-0.3, -0.25) is 4.57 Å². The van der Waals surface area contributed by atoms with Crippen molar-refractivity contribution in [1.82, 2.24) is 0 Å². The Balaban J connectivity index is 3.40. The summed E-state index contributed by atoms with van der Waals surface area (Å²) in [5, 5.41) is 0. The van der Waals surface area contributed by atoms with Crippen molar-refractivity contribution in [2.24, 2.45) is 0 Å². The number of alkyl halides is 2. The van der Waals surface area contributed by atoms with E-state index in [4.69, 9.17) is 9.79 Å². The van der Waals surface area contributed by atoms with Crippen molar-refractivity contribution in [3.05, 3.63) is 0 Å². The second-order valence-electron chi connectivity index (χ2n) is 1.57. The minimum Gasteiger partial charge on any atom is -0.324 e. The molecular weight excluding hydrogens is 153 g/mol. The number of hydrogen-bond acceptors (Lipinski definition) is 1. The van der Waals surface area contributed by atoms with E-state index in [1.165, 1.54) is 0 Å². The van der Waals surface area contributed by atoms with Crippen LogP contribution in [0, 0.1) is 0 Å². The fraction of sp³-hybridized carbons (Fsp3) is 1.00. The third kappa shape index (κ3) is 8.01. The average molecular weight is 160 g/mol. The van der Waals surface area contributed by atoms with Crippen LogP contribution in [0.15, 0.2) is 0 Å². The van der Waals surface area contributed by atoms with Crippen LogP contribution in [0.2, 0.25) is 0 Å². The fourth-order valence-electron chi connectivity index (χ4n) is 0.266. The molecule has 0 saturated heterocycles. The van der Waals surface area contributed by atoms with Gasteiger partial charge in [0.05, 0.1) is 6.16 Å². The maximum absolute atomic E-state index is 11.2. The van der Waals surface area contributed by atoms with E-state index in [0.717, 1.165) is 0 Å². The standard InChI is InChI=1S/C3H7F2O3P/c4-3(5)1-2-9(6,7)8/h3H,1-2H2,(H2,6,7,8). The lowest BCUT2D eigenvalue weighted by molar-refractivity contribution is 0.142. The Labute approximate surface area is 50.9 Å². The summed E-state index contributed by atoms with van der Waals surface area (Å²) in [6.45, 7) is 0. The third-order valence-corrected chi connectivity index (χ3v) is 1.48. The molecule has 0 bridgehead atoms. The first kappa shape index (κ1) is 9.01. The molecule has 6 heteroatoms. The molecule has 0 heterocycles. The second kappa shape index (κ2) is 3.25. The maximum Gasteiger partial charge on any atom is 0.325 e. The first-order valence-corrected chi connectivity index (χ1v) is 4.04. The van der Waals surface area contributed by atoms with E-state index in [1.54, 1.807) is 0 Å². The molecule has 2 N–H and O–H groups in total. The molecule has 0 aliphatic carbocycles. The van der Waals surface area contributed by atoms with Gasteiger partial charge in [-0.2, -0.15) is 0 Å². The molecule has 0 saturated carbocycles. The summed E-state index contributed by atoms with van der Waals surface area (Å²) in [5.41, 5.74) is 0. The van der Waals surface area contributed by atoms with Crippen molar-refractivity contribution >= 4 is 7.60 Å². The van der Waals surface area contributed by atoms with Gasteiger partial charge in [0.1, 0.15) is 0 Å². The monoisotopic (exact) mass is 160 g/mol. The van der Waals surface area contributed by atoms with Gasteiger partial charge in [-0.25, -0.2) is 8.78 Å². The van der Waals surface area contributed by atoms with Gasteiger partial charge >= 0.3 is 7.60 Å². The van der Waals surface area contributed by atoms with Crippen LogP contribution in [0.1, 0.15) is 6.42 Å². The largest absolute Gasteiger partial charge is 0.325 e. The van der Waals surface area contributed by atoms with E-state index >= 15 is 0 Å². The molecule has 0 aromatic rings. The molecule has 0 aliphatic rings. The van der Waals surface area contributed by atoms with Crippen LogP contribution in [0.4, 0.5) is 8.78 Å². The molecule has 0 aromatic heterocycles. The highest BCUT2D eigenvalue weighted by Gasteiger charge is 2.15. The van der Waals surface area contributed by atoms with Crippen LogP contribution < -0.4 is 0 Å². The summed E-state index contributed by atoms with van der Waals surface area (Å²) >= 11 is 0. The van der Waals surface area contributed by atoms with E-state index < -0.39 is 26.6 Å². The van der Waals surface area contributed by atoms with E-state index in [-0.39, 0.29) is 0 Å². The average Bonchev–Trinajstić information content (AvgIpc) is 1.59. The van der Waals surface area contributed by atoms with Crippen molar-refractivity contribution < 1.29 is 23.1 Å². The summed E-state index contributed by atoms with van der Waals surface area (Å²) in [6.07, 6.45) is -4.09. The molecule has 0 unspecified atom stereocenters. The molecule has 3 nitrogen and oxygen atoms in total. The summed E-state index contributed by atoms with van der Waals surface area (Å²) in [5.74, 6) is 0. The molecule has 0 aliphatic heterocycles. The van der Waals surface area contributed by atoms with Gasteiger partial charge in [0.2, 0.25) is 6.43 Å². The second-order valence-corrected chi connectivity index (χ2v) is 3.34. The fourth-order valence-corrected chi connectivity index (χ4v) is 0.797. The van der Waals surface area contributed by atoms with Crippen molar-refractivity contribution in [1.29, 1.82) is 0 Å². The van der Waals surface area contributed by atoms with Crippen LogP contribution >= 0.6 is 7.60 Å². The quantitative estimate of drug-likeness (QED) is 0.601. The van der Waals surface area contributed by atoms with Gasteiger partial charge in [-0.15, -0.1) is 0 Å². The summed E-state index contributed by atoms with van der Waals surface area (Å²) in [4.78, 5) is 16.1. The van der Waals surface area contributed by atoms with E-state index in [0.29, 0.717) is 0 Å². The molecule has 0 amide bonds. The number of hydrogen-bond donors (Lipinski definition) is 2. The lowest BCUT2D eigenvalue weighted by Crippen LogP contribution is -1.95. The van der Waals surface area contributed by atoms with Gasteiger partial charge in [0.15, 0.2) is 0 Å². The van der Waals surface area contributed by atoms with Gasteiger partial charge < -0.3 is 9.79 Å². The molecule has 0 aromatic carbocycles. The maximum atomic E-state index is 11.2. The van der Waals surface area contributed by atoms with Crippen molar-refractivity contribution in [2.45, 2.75) is 12.8 Å².